The van der Waals surface area contributed by atoms with Gasteiger partial charge in [0.15, 0.2) is 5.43 Å². The van der Waals surface area contributed by atoms with Crippen molar-refractivity contribution < 1.29 is 0 Å². The summed E-state index contributed by atoms with van der Waals surface area (Å²) >= 11 is 0. The lowest BCUT2D eigenvalue weighted by Crippen LogP contribution is -1.92. The molecule has 0 fully saturated rings. The standard InChI is InChI=1S/C5H5NO.C5H5N.ClH/c7-5-1-3-6-4-2-5;1-2-4-6-5-3-1;/h1-4H,(H,6,7);1-5H;1H. The quantitative estimate of drug-likeness (QED) is 0.722. The normalized spacial score (nSPS) is 7.71. The van der Waals surface area contributed by atoms with Crippen molar-refractivity contribution in [3.8, 4) is 0 Å². The third kappa shape index (κ3) is 5.97. The average molecular weight is 211 g/mol. The molecule has 0 aliphatic rings. The molecular formula is C10H11ClN2O. The van der Waals surface area contributed by atoms with E-state index in [-0.39, 0.29) is 17.8 Å². The van der Waals surface area contributed by atoms with Crippen LogP contribution in [0.2, 0.25) is 0 Å². The second-order valence-electron chi connectivity index (χ2n) is 2.26. The minimum atomic E-state index is 0. The van der Waals surface area contributed by atoms with E-state index in [9.17, 15) is 4.79 Å². The molecule has 3 nitrogen and oxygen atoms in total. The van der Waals surface area contributed by atoms with E-state index in [4.69, 9.17) is 0 Å². The third-order valence-corrected chi connectivity index (χ3v) is 1.25. The monoisotopic (exact) mass is 210 g/mol. The molecular weight excluding hydrogens is 200 g/mol. The van der Waals surface area contributed by atoms with Crippen molar-refractivity contribution >= 4 is 12.4 Å². The Kier molecular flexibility index (Phi) is 7.09. The van der Waals surface area contributed by atoms with Crippen molar-refractivity contribution in [2.24, 2.45) is 0 Å². The summed E-state index contributed by atoms with van der Waals surface area (Å²) in [5.41, 5.74) is 0.0405. The fourth-order valence-electron chi connectivity index (χ4n) is 0.684. The summed E-state index contributed by atoms with van der Waals surface area (Å²) in [6, 6.07) is 8.66. The van der Waals surface area contributed by atoms with Gasteiger partial charge in [0.1, 0.15) is 0 Å². The van der Waals surface area contributed by atoms with Crippen LogP contribution in [0.25, 0.3) is 0 Å². The maximum absolute atomic E-state index is 10.2. The molecule has 1 N–H and O–H groups in total. The molecule has 4 heteroatoms. The Labute approximate surface area is 88.2 Å². The van der Waals surface area contributed by atoms with Gasteiger partial charge in [-0.1, -0.05) is 6.07 Å². The van der Waals surface area contributed by atoms with Gasteiger partial charge < -0.3 is 4.98 Å². The molecule has 2 rings (SSSR count). The summed E-state index contributed by atoms with van der Waals surface area (Å²) in [4.78, 5) is 16.8. The Morgan fingerprint density at radius 2 is 1.57 bits per heavy atom. The molecule has 0 saturated carbocycles. The predicted octanol–water partition coefficient (Wildman–Crippen LogP) is 1.88. The zero-order chi connectivity index (χ0) is 9.36. The fourth-order valence-corrected chi connectivity index (χ4v) is 0.684. The summed E-state index contributed by atoms with van der Waals surface area (Å²) in [7, 11) is 0. The van der Waals surface area contributed by atoms with Crippen LogP contribution in [0, 0.1) is 0 Å². The van der Waals surface area contributed by atoms with Crippen LogP contribution in [0.15, 0.2) is 59.9 Å². The number of aromatic amines is 1. The molecule has 0 saturated heterocycles. The van der Waals surface area contributed by atoms with E-state index >= 15 is 0 Å². The first-order valence-electron chi connectivity index (χ1n) is 3.88. The molecule has 0 aliphatic carbocycles. The highest BCUT2D eigenvalue weighted by Gasteiger charge is 1.70. The van der Waals surface area contributed by atoms with E-state index in [1.165, 1.54) is 12.1 Å². The van der Waals surface area contributed by atoms with Crippen LogP contribution in [0.4, 0.5) is 0 Å². The van der Waals surface area contributed by atoms with E-state index in [0.29, 0.717) is 0 Å². The molecule has 0 radical (unpaired) electrons. The van der Waals surface area contributed by atoms with Gasteiger partial charge in [0.25, 0.3) is 0 Å². The summed E-state index contributed by atoms with van der Waals surface area (Å²) in [6.45, 7) is 0. The molecule has 0 spiro atoms. The molecule has 0 atom stereocenters. The average Bonchev–Trinajstić information content (AvgIpc) is 2.22. The molecule has 0 bridgehead atoms. The number of aromatic nitrogens is 2. The Bertz CT molecular complexity index is 331. The van der Waals surface area contributed by atoms with Crippen LogP contribution < -0.4 is 5.43 Å². The number of H-pyrrole nitrogens is 1. The zero-order valence-electron chi connectivity index (χ0n) is 7.46. The SMILES string of the molecule is Cl.O=c1cc[nH]cc1.c1ccncc1. The first-order valence-corrected chi connectivity index (χ1v) is 3.88. The van der Waals surface area contributed by atoms with Gasteiger partial charge in [-0.2, -0.15) is 0 Å². The number of nitrogens with one attached hydrogen (secondary N) is 1. The zero-order valence-corrected chi connectivity index (χ0v) is 8.28. The summed E-state index contributed by atoms with van der Waals surface area (Å²) in [5.74, 6) is 0. The van der Waals surface area contributed by atoms with Crippen LogP contribution in [0.3, 0.4) is 0 Å². The van der Waals surface area contributed by atoms with Gasteiger partial charge in [-0.3, -0.25) is 9.78 Å². The molecule has 14 heavy (non-hydrogen) atoms. The van der Waals surface area contributed by atoms with E-state index in [1.54, 1.807) is 24.8 Å². The highest BCUT2D eigenvalue weighted by molar-refractivity contribution is 5.85. The molecule has 0 aliphatic heterocycles. The lowest BCUT2D eigenvalue weighted by molar-refractivity contribution is 1.31. The summed E-state index contributed by atoms with van der Waals surface area (Å²) in [5, 5.41) is 0. The number of nitrogens with zero attached hydrogens (tertiary/aromatic N) is 1. The third-order valence-electron chi connectivity index (χ3n) is 1.25. The number of halogens is 1. The predicted molar refractivity (Wildman–Crippen MR) is 58.5 cm³/mol. The molecule has 2 aromatic rings. The topological polar surface area (TPSA) is 45.8 Å². The number of pyridine rings is 2. The van der Waals surface area contributed by atoms with Crippen LogP contribution in [0.1, 0.15) is 0 Å². The van der Waals surface area contributed by atoms with E-state index in [0.717, 1.165) is 0 Å². The Balaban J connectivity index is 0.000000227. The van der Waals surface area contributed by atoms with E-state index in [1.807, 2.05) is 18.2 Å². The fraction of sp³-hybridized carbons (Fsp3) is 0. The van der Waals surface area contributed by atoms with Gasteiger partial charge in [-0.05, 0) is 12.1 Å². The van der Waals surface area contributed by atoms with Gasteiger partial charge in [0.2, 0.25) is 0 Å². The summed E-state index contributed by atoms with van der Waals surface area (Å²) in [6.07, 6.45) is 6.70. The summed E-state index contributed by atoms with van der Waals surface area (Å²) < 4.78 is 0. The van der Waals surface area contributed by atoms with Crippen molar-refractivity contribution in [1.29, 1.82) is 0 Å². The van der Waals surface area contributed by atoms with Gasteiger partial charge in [-0.15, -0.1) is 12.4 Å². The number of hydrogen-bond acceptors (Lipinski definition) is 2. The Morgan fingerprint density at radius 1 is 1.00 bits per heavy atom. The van der Waals surface area contributed by atoms with E-state index in [2.05, 4.69) is 9.97 Å². The van der Waals surface area contributed by atoms with Gasteiger partial charge in [0, 0.05) is 36.9 Å². The van der Waals surface area contributed by atoms with Crippen molar-refractivity contribution in [3.63, 3.8) is 0 Å². The minimum absolute atomic E-state index is 0. The van der Waals surface area contributed by atoms with Gasteiger partial charge >= 0.3 is 0 Å². The van der Waals surface area contributed by atoms with Crippen molar-refractivity contribution in [2.45, 2.75) is 0 Å². The van der Waals surface area contributed by atoms with Crippen LogP contribution in [-0.2, 0) is 0 Å². The highest BCUT2D eigenvalue weighted by atomic mass is 35.5. The molecule has 2 aromatic heterocycles. The van der Waals surface area contributed by atoms with Crippen molar-refractivity contribution in [2.75, 3.05) is 0 Å². The molecule has 2 heterocycles. The van der Waals surface area contributed by atoms with Crippen molar-refractivity contribution in [3.05, 3.63) is 65.3 Å². The van der Waals surface area contributed by atoms with Gasteiger partial charge in [0.05, 0.1) is 0 Å². The van der Waals surface area contributed by atoms with E-state index < -0.39 is 0 Å². The smallest absolute Gasteiger partial charge is 0.181 e. The second-order valence-corrected chi connectivity index (χ2v) is 2.26. The van der Waals surface area contributed by atoms with Gasteiger partial charge in [-0.25, -0.2) is 0 Å². The Morgan fingerprint density at radius 3 is 1.79 bits per heavy atom. The lowest BCUT2D eigenvalue weighted by Gasteiger charge is -1.73. The van der Waals surface area contributed by atoms with Crippen LogP contribution in [0.5, 0.6) is 0 Å². The van der Waals surface area contributed by atoms with Crippen LogP contribution >= 0.6 is 12.4 Å². The maximum atomic E-state index is 10.2. The largest absolute Gasteiger partial charge is 0.367 e. The maximum Gasteiger partial charge on any atom is 0.181 e. The first kappa shape index (κ1) is 12.4. The molecule has 0 aromatic carbocycles. The molecule has 0 amide bonds. The number of rotatable bonds is 0. The highest BCUT2D eigenvalue weighted by Crippen LogP contribution is 1.73. The van der Waals surface area contributed by atoms with Crippen LogP contribution in [-0.4, -0.2) is 9.97 Å². The Hall–Kier alpha value is -1.61. The lowest BCUT2D eigenvalue weighted by atomic mass is 10.5. The molecule has 0 unspecified atom stereocenters. The minimum Gasteiger partial charge on any atom is -0.367 e. The molecule has 74 valence electrons. The number of hydrogen-bond donors (Lipinski definition) is 1. The van der Waals surface area contributed by atoms with Crippen molar-refractivity contribution in [1.82, 2.24) is 9.97 Å². The second kappa shape index (κ2) is 8.01. The first-order chi connectivity index (χ1) is 6.39.